The van der Waals surface area contributed by atoms with Crippen molar-refractivity contribution in [3.05, 3.63) is 35.6 Å². The van der Waals surface area contributed by atoms with Crippen LogP contribution in [0.25, 0.3) is 0 Å². The molecule has 1 aromatic carbocycles. The Balaban J connectivity index is 2.13. The van der Waals surface area contributed by atoms with Gasteiger partial charge in [0.15, 0.2) is 0 Å². The lowest BCUT2D eigenvalue weighted by molar-refractivity contribution is 0.195. The number of rotatable bonds is 12. The maximum absolute atomic E-state index is 12.8. The molecule has 1 rings (SSSR count). The van der Waals surface area contributed by atoms with E-state index >= 15 is 0 Å². The van der Waals surface area contributed by atoms with E-state index in [0.29, 0.717) is 0 Å². The lowest BCUT2D eigenvalue weighted by Crippen LogP contribution is -2.23. The second-order valence-corrected chi connectivity index (χ2v) is 7.50. The first-order valence-corrected chi connectivity index (χ1v) is 9.99. The molecule has 0 unspecified atom stereocenters. The zero-order valence-corrected chi connectivity index (χ0v) is 14.6. The van der Waals surface area contributed by atoms with E-state index in [2.05, 4.69) is 13.8 Å². The van der Waals surface area contributed by atoms with Gasteiger partial charge in [0, 0.05) is 13.2 Å². The first-order chi connectivity index (χ1) is 10.3. The van der Waals surface area contributed by atoms with E-state index in [1.807, 2.05) is 12.1 Å². The van der Waals surface area contributed by atoms with E-state index in [9.17, 15) is 4.39 Å². The van der Waals surface area contributed by atoms with Crippen LogP contribution in [0.4, 0.5) is 4.39 Å². The van der Waals surface area contributed by atoms with Gasteiger partial charge in [-0.15, -0.1) is 0 Å². The highest BCUT2D eigenvalue weighted by Gasteiger charge is 2.12. The summed E-state index contributed by atoms with van der Waals surface area (Å²) in [4.78, 5) is 0. The van der Waals surface area contributed by atoms with Crippen molar-refractivity contribution in [2.75, 3.05) is 13.2 Å². The van der Waals surface area contributed by atoms with Gasteiger partial charge in [-0.25, -0.2) is 4.39 Å². The number of aryl methyl sites for hydroxylation is 1. The summed E-state index contributed by atoms with van der Waals surface area (Å²) in [6.45, 7) is 5.92. The van der Waals surface area contributed by atoms with E-state index in [0.717, 1.165) is 44.9 Å². The second-order valence-electron chi connectivity index (χ2n) is 5.40. The number of benzene rings is 1. The van der Waals surface area contributed by atoms with Crippen LogP contribution in [-0.4, -0.2) is 22.5 Å². The van der Waals surface area contributed by atoms with Crippen molar-refractivity contribution in [2.24, 2.45) is 0 Å². The van der Waals surface area contributed by atoms with E-state index in [-0.39, 0.29) is 5.82 Å². The highest BCUT2D eigenvalue weighted by atomic mass is 28.3. The Kier molecular flexibility index (Phi) is 10.4. The number of halogens is 1. The molecule has 0 aliphatic heterocycles. The summed E-state index contributed by atoms with van der Waals surface area (Å²) in [5, 5.41) is 0. The maximum Gasteiger partial charge on any atom is 0.321 e. The van der Waals surface area contributed by atoms with Crippen molar-refractivity contribution < 1.29 is 13.2 Å². The molecule has 0 fully saturated rings. The summed E-state index contributed by atoms with van der Waals surface area (Å²) in [5.41, 5.74) is 1.22. The van der Waals surface area contributed by atoms with Crippen molar-refractivity contribution in [3.63, 3.8) is 0 Å². The third-order valence-corrected chi connectivity index (χ3v) is 5.43. The molecule has 0 saturated heterocycles. The zero-order valence-electron chi connectivity index (χ0n) is 13.4. The Labute approximate surface area is 130 Å². The summed E-state index contributed by atoms with van der Waals surface area (Å²) in [6, 6.07) is 7.93. The molecule has 0 aliphatic carbocycles. The summed E-state index contributed by atoms with van der Waals surface area (Å²) < 4.78 is 24.5. The predicted molar refractivity (Wildman–Crippen MR) is 88.4 cm³/mol. The Morgan fingerprint density at radius 1 is 0.905 bits per heavy atom. The third-order valence-electron chi connectivity index (χ3n) is 3.33. The van der Waals surface area contributed by atoms with Gasteiger partial charge in [-0.05, 0) is 49.4 Å². The highest BCUT2D eigenvalue weighted by Crippen LogP contribution is 2.11. The lowest BCUT2D eigenvalue weighted by atomic mass is 10.1. The second kappa shape index (κ2) is 11.9. The standard InChI is InChI=1S/C17H29FO2Si/c1-3-13-19-21(20-14-4-2)15-7-5-6-8-16-9-11-17(18)12-10-16/h9-12,21H,3-8,13-15H2,1-2H3. The molecule has 2 nitrogen and oxygen atoms in total. The lowest BCUT2D eigenvalue weighted by Gasteiger charge is -2.16. The average molecular weight is 313 g/mol. The molecule has 0 spiro atoms. The summed E-state index contributed by atoms with van der Waals surface area (Å²) in [5.74, 6) is -0.159. The summed E-state index contributed by atoms with van der Waals surface area (Å²) >= 11 is 0. The quantitative estimate of drug-likeness (QED) is 0.414. The van der Waals surface area contributed by atoms with E-state index in [1.54, 1.807) is 0 Å². The van der Waals surface area contributed by atoms with Crippen LogP contribution in [0.1, 0.15) is 51.5 Å². The van der Waals surface area contributed by atoms with Gasteiger partial charge in [-0.2, -0.15) is 0 Å². The minimum absolute atomic E-state index is 0.159. The van der Waals surface area contributed by atoms with Gasteiger partial charge in [-0.3, -0.25) is 0 Å². The molecule has 0 aliphatic rings. The minimum Gasteiger partial charge on any atom is -0.397 e. The minimum atomic E-state index is -1.44. The van der Waals surface area contributed by atoms with Crippen molar-refractivity contribution >= 4 is 9.28 Å². The molecular weight excluding hydrogens is 283 g/mol. The van der Waals surface area contributed by atoms with Crippen molar-refractivity contribution in [1.29, 1.82) is 0 Å². The molecule has 0 aromatic heterocycles. The van der Waals surface area contributed by atoms with Crippen LogP contribution in [0.3, 0.4) is 0 Å². The van der Waals surface area contributed by atoms with E-state index < -0.39 is 9.28 Å². The highest BCUT2D eigenvalue weighted by molar-refractivity contribution is 6.44. The fraction of sp³-hybridized carbons (Fsp3) is 0.647. The number of unbranched alkanes of at least 4 members (excludes halogenated alkanes) is 2. The number of hydrogen-bond acceptors (Lipinski definition) is 2. The Morgan fingerprint density at radius 3 is 2.10 bits per heavy atom. The first kappa shape index (κ1) is 18.3. The van der Waals surface area contributed by atoms with Crippen molar-refractivity contribution in [2.45, 2.75) is 58.4 Å². The molecule has 0 saturated carbocycles. The average Bonchev–Trinajstić information content (AvgIpc) is 2.50. The maximum atomic E-state index is 12.8. The van der Waals surface area contributed by atoms with Gasteiger partial charge < -0.3 is 8.85 Å². The van der Waals surface area contributed by atoms with Crippen molar-refractivity contribution in [3.8, 4) is 0 Å². The topological polar surface area (TPSA) is 18.5 Å². The number of hydrogen-bond donors (Lipinski definition) is 0. The summed E-state index contributed by atoms with van der Waals surface area (Å²) in [7, 11) is -1.44. The molecule has 1 aromatic rings. The Hall–Kier alpha value is -0.713. The molecular formula is C17H29FO2Si. The van der Waals surface area contributed by atoms with Crippen LogP contribution >= 0.6 is 0 Å². The SMILES string of the molecule is CCCO[SiH](CCCCCc1ccc(F)cc1)OCCC. The fourth-order valence-electron chi connectivity index (χ4n) is 2.18. The third kappa shape index (κ3) is 9.01. The van der Waals surface area contributed by atoms with Gasteiger partial charge in [0.1, 0.15) is 5.82 Å². The molecule has 0 N–H and O–H groups in total. The van der Waals surface area contributed by atoms with Crippen molar-refractivity contribution in [1.82, 2.24) is 0 Å². The van der Waals surface area contributed by atoms with Gasteiger partial charge in [0.05, 0.1) is 0 Å². The van der Waals surface area contributed by atoms with Crippen LogP contribution in [0, 0.1) is 5.82 Å². The molecule has 4 heteroatoms. The van der Waals surface area contributed by atoms with Gasteiger partial charge in [0.2, 0.25) is 0 Å². The zero-order chi connectivity index (χ0) is 15.3. The monoisotopic (exact) mass is 312 g/mol. The predicted octanol–water partition coefficient (Wildman–Crippen LogP) is 4.61. The Bertz CT molecular complexity index is 348. The molecule has 0 atom stereocenters. The Morgan fingerprint density at radius 2 is 1.52 bits per heavy atom. The molecule has 21 heavy (non-hydrogen) atoms. The normalized spacial score (nSPS) is 11.2. The molecule has 0 radical (unpaired) electrons. The summed E-state index contributed by atoms with van der Waals surface area (Å²) in [6.07, 6.45) is 6.65. The van der Waals surface area contributed by atoms with Gasteiger partial charge in [0.25, 0.3) is 0 Å². The van der Waals surface area contributed by atoms with Gasteiger partial charge in [-0.1, -0.05) is 38.8 Å². The van der Waals surface area contributed by atoms with E-state index in [1.165, 1.54) is 30.5 Å². The van der Waals surface area contributed by atoms with E-state index in [4.69, 9.17) is 8.85 Å². The van der Waals surface area contributed by atoms with Crippen LogP contribution in [-0.2, 0) is 15.3 Å². The molecule has 120 valence electrons. The van der Waals surface area contributed by atoms with Crippen LogP contribution in [0.5, 0.6) is 0 Å². The largest absolute Gasteiger partial charge is 0.397 e. The van der Waals surface area contributed by atoms with Crippen LogP contribution in [0.15, 0.2) is 24.3 Å². The van der Waals surface area contributed by atoms with Gasteiger partial charge >= 0.3 is 9.28 Å². The molecule has 0 amide bonds. The smallest absolute Gasteiger partial charge is 0.321 e. The molecule has 0 bridgehead atoms. The van der Waals surface area contributed by atoms with Crippen LogP contribution < -0.4 is 0 Å². The van der Waals surface area contributed by atoms with Crippen LogP contribution in [0.2, 0.25) is 6.04 Å². The molecule has 0 heterocycles. The first-order valence-electron chi connectivity index (χ1n) is 8.24. The fourth-order valence-corrected chi connectivity index (χ4v) is 4.23.